The summed E-state index contributed by atoms with van der Waals surface area (Å²) in [6, 6.07) is 5.99. The number of amides is 1. The van der Waals surface area contributed by atoms with Gasteiger partial charge in [-0.15, -0.1) is 12.4 Å². The Morgan fingerprint density at radius 3 is 2.38 bits per heavy atom. The summed E-state index contributed by atoms with van der Waals surface area (Å²) in [6.07, 6.45) is 4.02. The van der Waals surface area contributed by atoms with Crippen molar-refractivity contribution in [3.8, 4) is 0 Å². The summed E-state index contributed by atoms with van der Waals surface area (Å²) in [7, 11) is -3.32. The number of anilines is 2. The Hall–Kier alpha value is -0.960. The molecule has 138 valence electrons. The number of hydrogen-bond acceptors (Lipinski definition) is 5. The number of nitrogens with two attached hydrogens (primary N) is 1. The van der Waals surface area contributed by atoms with Crippen LogP contribution in [0.5, 0.6) is 0 Å². The molecule has 0 spiro atoms. The van der Waals surface area contributed by atoms with Crippen molar-refractivity contribution < 1.29 is 13.2 Å². The second-order valence-electron chi connectivity index (χ2n) is 5.23. The van der Waals surface area contributed by atoms with Crippen LogP contribution in [-0.2, 0) is 14.8 Å². The Balaban J connectivity index is 0.00000529. The van der Waals surface area contributed by atoms with Gasteiger partial charge in [0, 0.05) is 11.4 Å². The van der Waals surface area contributed by atoms with E-state index in [9.17, 15) is 13.2 Å². The summed E-state index contributed by atoms with van der Waals surface area (Å²) in [5.74, 6) is 0.689. The molecule has 0 aliphatic rings. The molecule has 1 aromatic carbocycles. The van der Waals surface area contributed by atoms with Gasteiger partial charge in [-0.05, 0) is 49.1 Å². The molecule has 0 saturated heterocycles. The number of carbonyl (C=O) groups excluding carboxylic acids is 1. The van der Waals surface area contributed by atoms with Crippen LogP contribution >= 0.6 is 24.2 Å². The van der Waals surface area contributed by atoms with Gasteiger partial charge in [-0.25, -0.2) is 8.42 Å². The zero-order valence-corrected chi connectivity index (χ0v) is 16.4. The molecule has 1 rings (SSSR count). The highest BCUT2D eigenvalue weighted by Crippen LogP contribution is 2.16. The Bertz CT molecular complexity index is 594. The molecular formula is C15H26ClN3O3S2. The number of sulfonamides is 1. The van der Waals surface area contributed by atoms with Crippen molar-refractivity contribution in [3.05, 3.63) is 24.3 Å². The average Bonchev–Trinajstić information content (AvgIpc) is 2.52. The van der Waals surface area contributed by atoms with E-state index in [2.05, 4.69) is 10.0 Å². The minimum absolute atomic E-state index is 0. The normalized spacial score (nSPS) is 12.1. The molecule has 4 N–H and O–H groups in total. The van der Waals surface area contributed by atoms with Crippen LogP contribution < -0.4 is 15.8 Å². The molecule has 0 saturated carbocycles. The Labute approximate surface area is 154 Å². The standard InChI is InChI=1S/C15H25N3O3S2.ClH/c1-3-4-11-23(20,21)18-13-7-5-12(6-8-13)17-15(19)14(16)9-10-22-2;/h5-8,14,18H,3-4,9-11,16H2,1-2H3,(H,17,19);1H/t14-;/m0./s1. The number of benzene rings is 1. The lowest BCUT2D eigenvalue weighted by Gasteiger charge is -2.12. The number of nitrogens with one attached hydrogen (secondary N) is 2. The average molecular weight is 396 g/mol. The van der Waals surface area contributed by atoms with Crippen molar-refractivity contribution >= 4 is 51.5 Å². The molecule has 0 heterocycles. The van der Waals surface area contributed by atoms with Gasteiger partial charge in [0.1, 0.15) is 0 Å². The lowest BCUT2D eigenvalue weighted by molar-refractivity contribution is -0.117. The van der Waals surface area contributed by atoms with Gasteiger partial charge in [0.2, 0.25) is 15.9 Å². The second-order valence-corrected chi connectivity index (χ2v) is 8.06. The summed E-state index contributed by atoms with van der Waals surface area (Å²) in [5.41, 5.74) is 6.86. The van der Waals surface area contributed by atoms with E-state index in [-0.39, 0.29) is 24.1 Å². The Morgan fingerprint density at radius 1 is 1.25 bits per heavy atom. The van der Waals surface area contributed by atoms with E-state index in [0.29, 0.717) is 24.2 Å². The molecule has 0 aliphatic heterocycles. The molecule has 9 heteroatoms. The van der Waals surface area contributed by atoms with Crippen molar-refractivity contribution in [1.29, 1.82) is 0 Å². The fourth-order valence-corrected chi connectivity index (χ4v) is 3.55. The fourth-order valence-electron chi connectivity index (χ4n) is 1.80. The maximum Gasteiger partial charge on any atom is 0.241 e. The Kier molecular flexibility index (Phi) is 11.1. The summed E-state index contributed by atoms with van der Waals surface area (Å²) in [4.78, 5) is 11.9. The first-order chi connectivity index (χ1) is 10.9. The van der Waals surface area contributed by atoms with Crippen LogP contribution in [0.15, 0.2) is 24.3 Å². The van der Waals surface area contributed by atoms with Gasteiger partial charge in [0.15, 0.2) is 0 Å². The van der Waals surface area contributed by atoms with Gasteiger partial charge in [0.25, 0.3) is 0 Å². The third-order valence-corrected chi connectivity index (χ3v) is 5.18. The van der Waals surface area contributed by atoms with Gasteiger partial charge < -0.3 is 11.1 Å². The number of rotatable bonds is 10. The van der Waals surface area contributed by atoms with Gasteiger partial charge in [-0.1, -0.05) is 13.3 Å². The predicted molar refractivity (Wildman–Crippen MR) is 106 cm³/mol. The molecule has 6 nitrogen and oxygen atoms in total. The second kappa shape index (κ2) is 11.6. The predicted octanol–water partition coefficient (Wildman–Crippen LogP) is 2.67. The van der Waals surface area contributed by atoms with Gasteiger partial charge in [-0.2, -0.15) is 11.8 Å². The highest BCUT2D eigenvalue weighted by atomic mass is 35.5. The monoisotopic (exact) mass is 395 g/mol. The van der Waals surface area contributed by atoms with E-state index in [0.717, 1.165) is 12.2 Å². The topological polar surface area (TPSA) is 101 Å². The summed E-state index contributed by atoms with van der Waals surface area (Å²) >= 11 is 1.64. The number of thioether (sulfide) groups is 1. The van der Waals surface area contributed by atoms with E-state index in [4.69, 9.17) is 5.73 Å². The zero-order valence-electron chi connectivity index (χ0n) is 13.9. The first-order valence-electron chi connectivity index (χ1n) is 7.54. The molecule has 0 fully saturated rings. The molecule has 0 bridgehead atoms. The van der Waals surface area contributed by atoms with E-state index in [1.165, 1.54) is 0 Å². The SMILES string of the molecule is CCCCS(=O)(=O)Nc1ccc(NC(=O)[C@@H](N)CCSC)cc1.Cl. The minimum Gasteiger partial charge on any atom is -0.325 e. The van der Waals surface area contributed by atoms with Crippen LogP contribution in [0.4, 0.5) is 11.4 Å². The van der Waals surface area contributed by atoms with Crippen molar-refractivity contribution in [2.75, 3.05) is 27.8 Å². The molecule has 0 radical (unpaired) electrons. The molecule has 24 heavy (non-hydrogen) atoms. The lowest BCUT2D eigenvalue weighted by atomic mass is 10.2. The van der Waals surface area contributed by atoms with E-state index in [1.54, 1.807) is 36.0 Å². The summed E-state index contributed by atoms with van der Waals surface area (Å²) in [6.45, 7) is 1.94. The molecule has 0 unspecified atom stereocenters. The van der Waals surface area contributed by atoms with E-state index >= 15 is 0 Å². The molecule has 0 aromatic heterocycles. The number of hydrogen-bond donors (Lipinski definition) is 3. The number of halogens is 1. The van der Waals surface area contributed by atoms with Crippen molar-refractivity contribution in [2.45, 2.75) is 32.2 Å². The Morgan fingerprint density at radius 2 is 1.83 bits per heavy atom. The first-order valence-corrected chi connectivity index (χ1v) is 10.6. The third kappa shape index (κ3) is 8.77. The minimum atomic E-state index is -3.32. The van der Waals surface area contributed by atoms with Crippen molar-refractivity contribution in [2.24, 2.45) is 5.73 Å². The lowest BCUT2D eigenvalue weighted by Crippen LogP contribution is -2.36. The summed E-state index contributed by atoms with van der Waals surface area (Å²) in [5, 5.41) is 2.72. The van der Waals surface area contributed by atoms with Crippen molar-refractivity contribution in [3.63, 3.8) is 0 Å². The largest absolute Gasteiger partial charge is 0.325 e. The van der Waals surface area contributed by atoms with Crippen LogP contribution in [0.25, 0.3) is 0 Å². The van der Waals surface area contributed by atoms with Crippen LogP contribution in [0.3, 0.4) is 0 Å². The van der Waals surface area contributed by atoms with E-state index in [1.807, 2.05) is 13.2 Å². The molecule has 1 aromatic rings. The highest BCUT2D eigenvalue weighted by Gasteiger charge is 2.13. The molecule has 0 aliphatic carbocycles. The number of unbranched alkanes of at least 4 members (excludes halogenated alkanes) is 1. The van der Waals surface area contributed by atoms with Crippen LogP contribution in [0, 0.1) is 0 Å². The first kappa shape index (κ1) is 23.0. The molecule has 1 amide bonds. The smallest absolute Gasteiger partial charge is 0.241 e. The van der Waals surface area contributed by atoms with Gasteiger partial charge in [0.05, 0.1) is 11.8 Å². The highest BCUT2D eigenvalue weighted by molar-refractivity contribution is 7.98. The third-order valence-electron chi connectivity index (χ3n) is 3.16. The molecule has 1 atom stereocenters. The van der Waals surface area contributed by atoms with E-state index < -0.39 is 16.1 Å². The maximum atomic E-state index is 11.9. The number of carbonyl (C=O) groups is 1. The van der Waals surface area contributed by atoms with Crippen LogP contribution in [-0.4, -0.2) is 38.1 Å². The van der Waals surface area contributed by atoms with Crippen LogP contribution in [0.2, 0.25) is 0 Å². The fraction of sp³-hybridized carbons (Fsp3) is 0.533. The van der Waals surface area contributed by atoms with Crippen LogP contribution in [0.1, 0.15) is 26.2 Å². The zero-order chi connectivity index (χ0) is 17.3. The van der Waals surface area contributed by atoms with Crippen molar-refractivity contribution in [1.82, 2.24) is 0 Å². The maximum absolute atomic E-state index is 11.9. The van der Waals surface area contributed by atoms with Gasteiger partial charge >= 0.3 is 0 Å². The quantitative estimate of drug-likeness (QED) is 0.565. The molecular weight excluding hydrogens is 370 g/mol. The summed E-state index contributed by atoms with van der Waals surface area (Å²) < 4.78 is 26.1. The van der Waals surface area contributed by atoms with Gasteiger partial charge in [-0.3, -0.25) is 9.52 Å².